The molecular formula is C20H25NO5. The first kappa shape index (κ1) is 19.9. The number of ether oxygens (including phenoxy) is 1. The maximum atomic E-state index is 11.6. The van der Waals surface area contributed by atoms with Gasteiger partial charge in [-0.05, 0) is 48.7 Å². The SMILES string of the molecule is COC(=O)c1cccc(C[C@@H](C)NC[C@@H](O)c2ccc(O)c(CO)c2)c1. The molecule has 140 valence electrons. The van der Waals surface area contributed by atoms with Crippen LogP contribution in [0.15, 0.2) is 42.5 Å². The van der Waals surface area contributed by atoms with Gasteiger partial charge in [-0.1, -0.05) is 18.2 Å². The van der Waals surface area contributed by atoms with Gasteiger partial charge in [-0.3, -0.25) is 0 Å². The molecule has 2 rings (SSSR count). The fraction of sp³-hybridized carbons (Fsp3) is 0.350. The summed E-state index contributed by atoms with van der Waals surface area (Å²) < 4.78 is 4.73. The van der Waals surface area contributed by atoms with Crippen LogP contribution in [0, 0.1) is 0 Å². The molecular weight excluding hydrogens is 334 g/mol. The number of aliphatic hydroxyl groups is 2. The highest BCUT2D eigenvalue weighted by molar-refractivity contribution is 5.89. The van der Waals surface area contributed by atoms with Crippen LogP contribution < -0.4 is 5.32 Å². The van der Waals surface area contributed by atoms with Gasteiger partial charge in [0, 0.05) is 18.2 Å². The normalized spacial score (nSPS) is 13.2. The average molecular weight is 359 g/mol. The van der Waals surface area contributed by atoms with Crippen molar-refractivity contribution in [2.45, 2.75) is 32.1 Å². The molecule has 26 heavy (non-hydrogen) atoms. The lowest BCUT2D eigenvalue weighted by molar-refractivity contribution is 0.0600. The van der Waals surface area contributed by atoms with Crippen LogP contribution in [0.4, 0.5) is 0 Å². The van der Waals surface area contributed by atoms with E-state index in [-0.39, 0.29) is 24.4 Å². The smallest absolute Gasteiger partial charge is 0.337 e. The lowest BCUT2D eigenvalue weighted by atomic mass is 10.0. The van der Waals surface area contributed by atoms with Crippen molar-refractivity contribution in [3.63, 3.8) is 0 Å². The highest BCUT2D eigenvalue weighted by atomic mass is 16.5. The molecule has 0 fully saturated rings. The average Bonchev–Trinajstić information content (AvgIpc) is 2.66. The number of aromatic hydroxyl groups is 1. The van der Waals surface area contributed by atoms with Crippen LogP contribution in [-0.2, 0) is 17.8 Å². The Morgan fingerprint density at radius 3 is 2.69 bits per heavy atom. The third kappa shape index (κ3) is 5.29. The van der Waals surface area contributed by atoms with Crippen LogP contribution >= 0.6 is 0 Å². The van der Waals surface area contributed by atoms with E-state index >= 15 is 0 Å². The second kappa shape index (κ2) is 9.33. The van der Waals surface area contributed by atoms with E-state index in [2.05, 4.69) is 5.32 Å². The maximum absolute atomic E-state index is 11.6. The number of methoxy groups -OCH3 is 1. The lowest BCUT2D eigenvalue weighted by Gasteiger charge is -2.18. The molecule has 2 atom stereocenters. The molecule has 0 radical (unpaired) electrons. The molecule has 2 aromatic rings. The van der Waals surface area contributed by atoms with E-state index in [1.807, 2.05) is 19.1 Å². The van der Waals surface area contributed by atoms with Gasteiger partial charge in [0.1, 0.15) is 5.75 Å². The monoisotopic (exact) mass is 359 g/mol. The number of benzene rings is 2. The van der Waals surface area contributed by atoms with Crippen molar-refractivity contribution >= 4 is 5.97 Å². The van der Waals surface area contributed by atoms with Gasteiger partial charge in [0.25, 0.3) is 0 Å². The van der Waals surface area contributed by atoms with Gasteiger partial charge in [-0.15, -0.1) is 0 Å². The Hall–Kier alpha value is -2.41. The zero-order chi connectivity index (χ0) is 19.1. The van der Waals surface area contributed by atoms with E-state index in [1.165, 1.54) is 13.2 Å². The van der Waals surface area contributed by atoms with Crippen LogP contribution in [0.1, 0.15) is 40.1 Å². The number of aliphatic hydroxyl groups excluding tert-OH is 2. The second-order valence-electron chi connectivity index (χ2n) is 6.27. The number of rotatable bonds is 8. The third-order valence-corrected chi connectivity index (χ3v) is 4.21. The van der Waals surface area contributed by atoms with Crippen LogP contribution in [-0.4, -0.2) is 41.0 Å². The molecule has 0 aromatic heterocycles. The minimum atomic E-state index is -0.759. The predicted molar refractivity (Wildman–Crippen MR) is 97.9 cm³/mol. The fourth-order valence-corrected chi connectivity index (χ4v) is 2.74. The zero-order valence-corrected chi connectivity index (χ0v) is 15.0. The number of esters is 1. The minimum Gasteiger partial charge on any atom is -0.508 e. The topological polar surface area (TPSA) is 99.0 Å². The summed E-state index contributed by atoms with van der Waals surface area (Å²) in [4.78, 5) is 11.6. The minimum absolute atomic E-state index is 0.00950. The first-order valence-electron chi connectivity index (χ1n) is 8.46. The van der Waals surface area contributed by atoms with E-state index in [9.17, 15) is 20.1 Å². The first-order chi connectivity index (χ1) is 12.4. The highest BCUT2D eigenvalue weighted by Gasteiger charge is 2.13. The standard InChI is InChI=1S/C20H25NO5/c1-13(8-14-4-3-5-16(9-14)20(25)26-2)21-11-19(24)15-6-7-18(23)17(10-15)12-22/h3-7,9-10,13,19,21-24H,8,11-12H2,1-2H3/t13-,19-/m1/s1. The zero-order valence-electron chi connectivity index (χ0n) is 15.0. The van der Waals surface area contributed by atoms with Crippen LogP contribution in [0.25, 0.3) is 0 Å². The Morgan fingerprint density at radius 1 is 1.23 bits per heavy atom. The molecule has 0 aliphatic carbocycles. The molecule has 0 heterocycles. The highest BCUT2D eigenvalue weighted by Crippen LogP contribution is 2.22. The van der Waals surface area contributed by atoms with Crippen molar-refractivity contribution in [2.24, 2.45) is 0 Å². The summed E-state index contributed by atoms with van der Waals surface area (Å²) in [6, 6.07) is 12.0. The van der Waals surface area contributed by atoms with Crippen molar-refractivity contribution in [1.82, 2.24) is 5.32 Å². The number of nitrogens with one attached hydrogen (secondary N) is 1. The molecule has 2 aromatic carbocycles. The molecule has 0 unspecified atom stereocenters. The van der Waals surface area contributed by atoms with E-state index in [4.69, 9.17) is 4.74 Å². The van der Waals surface area contributed by atoms with Gasteiger partial charge in [0.15, 0.2) is 0 Å². The Labute approximate surface area is 153 Å². The third-order valence-electron chi connectivity index (χ3n) is 4.21. The molecule has 0 saturated carbocycles. The number of carbonyl (C=O) groups excluding carboxylic acids is 1. The van der Waals surface area contributed by atoms with Crippen LogP contribution in [0.2, 0.25) is 0 Å². The Bertz CT molecular complexity index is 747. The van der Waals surface area contributed by atoms with E-state index in [0.717, 1.165) is 5.56 Å². The summed E-state index contributed by atoms with van der Waals surface area (Å²) in [6.45, 7) is 2.04. The van der Waals surface area contributed by atoms with Crippen molar-refractivity contribution in [3.8, 4) is 5.75 Å². The molecule has 4 N–H and O–H groups in total. The molecule has 6 nitrogen and oxygen atoms in total. The van der Waals surface area contributed by atoms with Crippen molar-refractivity contribution in [2.75, 3.05) is 13.7 Å². The van der Waals surface area contributed by atoms with E-state index < -0.39 is 6.10 Å². The number of carbonyl (C=O) groups is 1. The summed E-state index contributed by atoms with van der Waals surface area (Å²) in [5.74, 6) is -0.356. The quantitative estimate of drug-likeness (QED) is 0.538. The number of hydrogen-bond donors (Lipinski definition) is 4. The van der Waals surface area contributed by atoms with Gasteiger partial charge in [-0.25, -0.2) is 4.79 Å². The summed E-state index contributed by atoms with van der Waals surface area (Å²) >= 11 is 0. The van der Waals surface area contributed by atoms with Gasteiger partial charge < -0.3 is 25.4 Å². The molecule has 0 aliphatic rings. The molecule has 0 bridgehead atoms. The molecule has 0 spiro atoms. The van der Waals surface area contributed by atoms with Gasteiger partial charge in [-0.2, -0.15) is 0 Å². The van der Waals surface area contributed by atoms with E-state index in [0.29, 0.717) is 29.7 Å². The molecule has 6 heteroatoms. The summed E-state index contributed by atoms with van der Waals surface area (Å²) in [5, 5.41) is 32.3. The Kier molecular flexibility index (Phi) is 7.15. The number of phenols is 1. The molecule has 0 amide bonds. The summed E-state index contributed by atoms with van der Waals surface area (Å²) in [6.07, 6.45) is -0.0700. The largest absolute Gasteiger partial charge is 0.508 e. The van der Waals surface area contributed by atoms with Crippen molar-refractivity contribution in [1.29, 1.82) is 0 Å². The van der Waals surface area contributed by atoms with Crippen molar-refractivity contribution in [3.05, 3.63) is 64.7 Å². The lowest BCUT2D eigenvalue weighted by Crippen LogP contribution is -2.32. The van der Waals surface area contributed by atoms with E-state index in [1.54, 1.807) is 24.3 Å². The van der Waals surface area contributed by atoms with Gasteiger partial charge in [0.05, 0.1) is 25.4 Å². The Morgan fingerprint density at radius 2 is 2.00 bits per heavy atom. The summed E-state index contributed by atoms with van der Waals surface area (Å²) in [5.41, 5.74) is 2.51. The van der Waals surface area contributed by atoms with Crippen LogP contribution in [0.5, 0.6) is 5.75 Å². The molecule has 0 saturated heterocycles. The predicted octanol–water partition coefficient (Wildman–Crippen LogP) is 1.93. The van der Waals surface area contributed by atoms with Gasteiger partial charge in [0.2, 0.25) is 0 Å². The number of hydrogen-bond acceptors (Lipinski definition) is 6. The van der Waals surface area contributed by atoms with Crippen LogP contribution in [0.3, 0.4) is 0 Å². The Balaban J connectivity index is 1.92. The van der Waals surface area contributed by atoms with Crippen molar-refractivity contribution < 1.29 is 24.9 Å². The van der Waals surface area contributed by atoms with Gasteiger partial charge >= 0.3 is 5.97 Å². The second-order valence-corrected chi connectivity index (χ2v) is 6.27. The summed E-state index contributed by atoms with van der Waals surface area (Å²) in [7, 11) is 1.35. The maximum Gasteiger partial charge on any atom is 0.337 e. The molecule has 0 aliphatic heterocycles. The first-order valence-corrected chi connectivity index (χ1v) is 8.46. The fourth-order valence-electron chi connectivity index (χ4n) is 2.74.